The molecule has 2 heterocycles. The standard InChI is InChI=1S/C10H19N/c1-10-6-2-4-8-11(10)9-5-3-7-10/h2-9H2,1H3. The Morgan fingerprint density at radius 3 is 1.91 bits per heavy atom. The third kappa shape index (κ3) is 1.31. The van der Waals surface area contributed by atoms with Gasteiger partial charge in [0.05, 0.1) is 0 Å². The topological polar surface area (TPSA) is 3.24 Å². The number of hydrogen-bond acceptors (Lipinski definition) is 1. The smallest absolute Gasteiger partial charge is 0.0181 e. The molecule has 64 valence electrons. The van der Waals surface area contributed by atoms with Gasteiger partial charge in [-0.3, -0.25) is 4.90 Å². The predicted molar refractivity (Wildman–Crippen MR) is 47.7 cm³/mol. The van der Waals surface area contributed by atoms with E-state index >= 15 is 0 Å². The summed E-state index contributed by atoms with van der Waals surface area (Å²) in [5.74, 6) is 0. The Bertz CT molecular complexity index is 130. The average molecular weight is 153 g/mol. The average Bonchev–Trinajstić information content (AvgIpc) is 2.03. The maximum atomic E-state index is 2.72. The lowest BCUT2D eigenvalue weighted by Gasteiger charge is -2.48. The second kappa shape index (κ2) is 2.78. The first-order valence-corrected chi connectivity index (χ1v) is 5.06. The van der Waals surface area contributed by atoms with E-state index in [2.05, 4.69) is 11.8 Å². The van der Waals surface area contributed by atoms with E-state index in [4.69, 9.17) is 0 Å². The highest BCUT2D eigenvalue weighted by Gasteiger charge is 2.35. The fraction of sp³-hybridized carbons (Fsp3) is 1.00. The lowest BCUT2D eigenvalue weighted by molar-refractivity contribution is 0.0266. The van der Waals surface area contributed by atoms with Gasteiger partial charge in [0.15, 0.2) is 0 Å². The van der Waals surface area contributed by atoms with E-state index in [0.717, 1.165) is 0 Å². The quantitative estimate of drug-likeness (QED) is 0.516. The van der Waals surface area contributed by atoms with E-state index in [1.54, 1.807) is 0 Å². The molecule has 0 unspecified atom stereocenters. The van der Waals surface area contributed by atoms with Crippen molar-refractivity contribution in [1.29, 1.82) is 0 Å². The molecule has 0 aromatic rings. The highest BCUT2D eigenvalue weighted by molar-refractivity contribution is 4.92. The fourth-order valence-corrected chi connectivity index (χ4v) is 2.71. The molecule has 0 aliphatic carbocycles. The zero-order valence-corrected chi connectivity index (χ0v) is 7.60. The van der Waals surface area contributed by atoms with Gasteiger partial charge in [0.2, 0.25) is 0 Å². The number of piperidine rings is 2. The molecular formula is C10H19N. The summed E-state index contributed by atoms with van der Waals surface area (Å²) < 4.78 is 0. The fourth-order valence-electron chi connectivity index (χ4n) is 2.71. The molecule has 0 atom stereocenters. The SMILES string of the molecule is CC12CCCCN1CCCC2. The first-order valence-electron chi connectivity index (χ1n) is 5.06. The first kappa shape index (κ1) is 7.60. The van der Waals surface area contributed by atoms with Gasteiger partial charge < -0.3 is 0 Å². The minimum absolute atomic E-state index is 0.608. The van der Waals surface area contributed by atoms with E-state index in [0.29, 0.717) is 5.54 Å². The minimum Gasteiger partial charge on any atom is -0.298 e. The summed E-state index contributed by atoms with van der Waals surface area (Å²) in [4.78, 5) is 2.72. The van der Waals surface area contributed by atoms with E-state index < -0.39 is 0 Å². The molecule has 0 aromatic heterocycles. The normalized spacial score (nSPS) is 31.4. The minimum atomic E-state index is 0.608. The van der Waals surface area contributed by atoms with Gasteiger partial charge in [0.25, 0.3) is 0 Å². The van der Waals surface area contributed by atoms with Crippen molar-refractivity contribution in [2.75, 3.05) is 13.1 Å². The molecule has 2 aliphatic heterocycles. The van der Waals surface area contributed by atoms with Gasteiger partial charge in [-0.2, -0.15) is 0 Å². The summed E-state index contributed by atoms with van der Waals surface area (Å²) in [5.41, 5.74) is 0.608. The zero-order valence-electron chi connectivity index (χ0n) is 7.60. The van der Waals surface area contributed by atoms with Crippen molar-refractivity contribution in [2.45, 2.75) is 51.0 Å². The molecule has 2 rings (SSSR count). The molecule has 0 bridgehead atoms. The van der Waals surface area contributed by atoms with Crippen molar-refractivity contribution < 1.29 is 0 Å². The van der Waals surface area contributed by atoms with E-state index in [9.17, 15) is 0 Å². The van der Waals surface area contributed by atoms with Crippen LogP contribution in [-0.4, -0.2) is 23.5 Å². The molecule has 1 nitrogen and oxygen atoms in total. The summed E-state index contributed by atoms with van der Waals surface area (Å²) in [6.07, 6.45) is 8.71. The van der Waals surface area contributed by atoms with Crippen LogP contribution in [0, 0.1) is 0 Å². The molecule has 11 heavy (non-hydrogen) atoms. The number of hydrogen-bond donors (Lipinski definition) is 0. The highest BCUT2D eigenvalue weighted by atomic mass is 15.2. The van der Waals surface area contributed by atoms with Crippen LogP contribution in [0.2, 0.25) is 0 Å². The molecule has 0 N–H and O–H groups in total. The van der Waals surface area contributed by atoms with Crippen LogP contribution >= 0.6 is 0 Å². The molecule has 0 saturated carbocycles. The first-order chi connectivity index (χ1) is 5.31. The second-order valence-electron chi connectivity index (χ2n) is 4.40. The van der Waals surface area contributed by atoms with Crippen LogP contribution in [0.25, 0.3) is 0 Å². The van der Waals surface area contributed by atoms with Crippen LogP contribution in [0.15, 0.2) is 0 Å². The van der Waals surface area contributed by atoms with Gasteiger partial charge in [0.1, 0.15) is 0 Å². The largest absolute Gasteiger partial charge is 0.298 e. The van der Waals surface area contributed by atoms with Crippen LogP contribution in [0.4, 0.5) is 0 Å². The molecule has 0 amide bonds. The Balaban J connectivity index is 2.06. The molecule has 0 radical (unpaired) electrons. The Morgan fingerprint density at radius 1 is 0.909 bits per heavy atom. The monoisotopic (exact) mass is 153 g/mol. The summed E-state index contributed by atoms with van der Waals surface area (Å²) in [5, 5.41) is 0. The van der Waals surface area contributed by atoms with Crippen LogP contribution in [-0.2, 0) is 0 Å². The summed E-state index contributed by atoms with van der Waals surface area (Å²) in [6, 6.07) is 0. The third-order valence-electron chi connectivity index (χ3n) is 3.55. The van der Waals surface area contributed by atoms with Crippen LogP contribution in [0.5, 0.6) is 0 Å². The number of rotatable bonds is 0. The van der Waals surface area contributed by atoms with Crippen LogP contribution in [0.3, 0.4) is 0 Å². The maximum absolute atomic E-state index is 2.72. The highest BCUT2D eigenvalue weighted by Crippen LogP contribution is 2.35. The predicted octanol–water partition coefficient (Wildman–Crippen LogP) is 2.41. The van der Waals surface area contributed by atoms with Gasteiger partial charge >= 0.3 is 0 Å². The van der Waals surface area contributed by atoms with E-state index in [-0.39, 0.29) is 0 Å². The Kier molecular flexibility index (Phi) is 1.92. The number of nitrogens with zero attached hydrogens (tertiary/aromatic N) is 1. The Labute approximate surface area is 69.8 Å². The van der Waals surface area contributed by atoms with Crippen molar-refractivity contribution in [3.63, 3.8) is 0 Å². The lowest BCUT2D eigenvalue weighted by atomic mass is 9.81. The molecule has 2 fully saturated rings. The molecule has 1 heteroatoms. The number of fused-ring (bicyclic) bond motifs is 1. The zero-order chi connectivity index (χ0) is 7.73. The van der Waals surface area contributed by atoms with Gasteiger partial charge in [-0.25, -0.2) is 0 Å². The second-order valence-corrected chi connectivity index (χ2v) is 4.40. The van der Waals surface area contributed by atoms with Crippen molar-refractivity contribution >= 4 is 0 Å². The van der Waals surface area contributed by atoms with Gasteiger partial charge in [-0.15, -0.1) is 0 Å². The van der Waals surface area contributed by atoms with Crippen LogP contribution < -0.4 is 0 Å². The van der Waals surface area contributed by atoms with Gasteiger partial charge in [0, 0.05) is 5.54 Å². The molecule has 0 spiro atoms. The summed E-state index contributed by atoms with van der Waals surface area (Å²) in [6.45, 7) is 5.21. The van der Waals surface area contributed by atoms with Gasteiger partial charge in [-0.05, 0) is 45.7 Å². The molecule has 2 saturated heterocycles. The van der Waals surface area contributed by atoms with Crippen molar-refractivity contribution in [2.24, 2.45) is 0 Å². The van der Waals surface area contributed by atoms with Crippen molar-refractivity contribution in [1.82, 2.24) is 4.90 Å². The summed E-state index contributed by atoms with van der Waals surface area (Å²) in [7, 11) is 0. The molecular weight excluding hydrogens is 134 g/mol. The maximum Gasteiger partial charge on any atom is 0.0181 e. The van der Waals surface area contributed by atoms with Crippen molar-refractivity contribution in [3.05, 3.63) is 0 Å². The Morgan fingerprint density at radius 2 is 1.45 bits per heavy atom. The van der Waals surface area contributed by atoms with E-state index in [1.165, 1.54) is 51.6 Å². The Hall–Kier alpha value is -0.0400. The van der Waals surface area contributed by atoms with E-state index in [1.807, 2.05) is 0 Å². The summed E-state index contributed by atoms with van der Waals surface area (Å²) >= 11 is 0. The van der Waals surface area contributed by atoms with Crippen molar-refractivity contribution in [3.8, 4) is 0 Å². The molecule has 0 aromatic carbocycles. The lowest BCUT2D eigenvalue weighted by Crippen LogP contribution is -2.52. The molecule has 2 aliphatic rings. The van der Waals surface area contributed by atoms with Gasteiger partial charge in [-0.1, -0.05) is 12.8 Å². The third-order valence-corrected chi connectivity index (χ3v) is 3.55. The van der Waals surface area contributed by atoms with Crippen LogP contribution in [0.1, 0.15) is 45.4 Å².